The molecule has 5 rings (SSSR count). The number of aromatic nitrogens is 4. The Morgan fingerprint density at radius 3 is 2.64 bits per heavy atom. The van der Waals surface area contributed by atoms with Crippen LogP contribution in [0.15, 0.2) is 84.8 Å². The van der Waals surface area contributed by atoms with Gasteiger partial charge in [-0.05, 0) is 37.3 Å². The van der Waals surface area contributed by atoms with Crippen molar-refractivity contribution in [3.05, 3.63) is 124 Å². The highest BCUT2D eigenvalue weighted by atomic mass is 32.1. The van der Waals surface area contributed by atoms with E-state index < -0.39 is 35.9 Å². The summed E-state index contributed by atoms with van der Waals surface area (Å²) in [6.07, 6.45) is 2.79. The highest BCUT2D eigenvalue weighted by molar-refractivity contribution is 7.10. The molecular weight excluding hydrogens is 560 g/mol. The highest BCUT2D eigenvalue weighted by Crippen LogP contribution is 2.44. The molecule has 3 aromatic carbocycles. The van der Waals surface area contributed by atoms with Gasteiger partial charge in [-0.2, -0.15) is 10.4 Å². The van der Waals surface area contributed by atoms with E-state index in [9.17, 15) is 9.18 Å². The lowest BCUT2D eigenvalue weighted by Gasteiger charge is -2.38. The Morgan fingerprint density at radius 2 is 1.95 bits per heavy atom. The minimum atomic E-state index is -1.56. The number of hydrogen-bond acceptors (Lipinski definition) is 8. The van der Waals surface area contributed by atoms with E-state index in [1.165, 1.54) is 34.7 Å². The van der Waals surface area contributed by atoms with Gasteiger partial charge in [-0.3, -0.25) is 0 Å². The summed E-state index contributed by atoms with van der Waals surface area (Å²) in [5, 5.41) is 15.8. The van der Waals surface area contributed by atoms with Crippen molar-refractivity contribution in [1.82, 2.24) is 19.7 Å². The maximum atomic E-state index is 15.6. The van der Waals surface area contributed by atoms with Gasteiger partial charge in [-0.1, -0.05) is 42.8 Å². The van der Waals surface area contributed by atoms with E-state index in [2.05, 4.69) is 16.2 Å². The topological polar surface area (TPSA) is 103 Å². The average molecular weight is 586 g/mol. The number of nitrogens with zero attached hydrogens (tertiary/aromatic N) is 5. The Morgan fingerprint density at radius 1 is 1.14 bits per heavy atom. The van der Waals surface area contributed by atoms with E-state index in [0.717, 1.165) is 23.3 Å². The molecule has 0 aliphatic carbocycles. The third-order valence-electron chi connectivity index (χ3n) is 6.91. The van der Waals surface area contributed by atoms with Crippen LogP contribution in [0.4, 0.5) is 8.78 Å². The van der Waals surface area contributed by atoms with Crippen molar-refractivity contribution in [2.45, 2.75) is 31.9 Å². The Labute approximate surface area is 244 Å². The fraction of sp³-hybridized carbons (Fsp3) is 0.194. The minimum absolute atomic E-state index is 0.0358. The van der Waals surface area contributed by atoms with Crippen molar-refractivity contribution in [3.63, 3.8) is 0 Å². The predicted octanol–water partition coefficient (Wildman–Crippen LogP) is 6.39. The van der Waals surface area contributed by atoms with Crippen molar-refractivity contribution in [3.8, 4) is 17.3 Å². The molecule has 212 valence electrons. The molecule has 0 radical (unpaired) electrons. The summed E-state index contributed by atoms with van der Waals surface area (Å²) in [6, 6.07) is 19.2. The SMILES string of the molecule is Cc1cccc(C(=O)OCO[C@@](Cn2cncn2)(c2ccc(F)cc2F)[C@@H](C)c2nc(-c3ccc(C#N)cc3)cs2)c1. The minimum Gasteiger partial charge on any atom is -0.435 e. The number of carbonyl (C=O) groups is 1. The van der Waals surface area contributed by atoms with Crippen LogP contribution in [-0.4, -0.2) is 32.5 Å². The van der Waals surface area contributed by atoms with Crippen LogP contribution in [-0.2, 0) is 21.6 Å². The van der Waals surface area contributed by atoms with E-state index in [1.807, 2.05) is 25.3 Å². The number of hydrogen-bond donors (Lipinski definition) is 0. The molecule has 0 bridgehead atoms. The number of thiazole rings is 1. The zero-order chi connectivity index (χ0) is 29.7. The standard InChI is InChI=1S/C31H25F2N5O3S/c1-20-4-3-5-24(12-20)30(39)40-19-41-31(16-38-18-35-17-36-38,26-11-10-25(32)13-27(26)33)21(2)29-37-28(15-42-29)23-8-6-22(14-34)7-9-23/h3-13,15,17-18,21H,16,19H2,1-2H3/t21-,31+/m0/s1. The average Bonchev–Trinajstić information content (AvgIpc) is 3.69. The third kappa shape index (κ3) is 6.10. The lowest BCUT2D eigenvalue weighted by molar-refractivity contribution is -0.148. The molecule has 0 aliphatic rings. The van der Waals surface area contributed by atoms with Crippen LogP contribution in [0, 0.1) is 29.9 Å². The first-order chi connectivity index (χ1) is 20.3. The van der Waals surface area contributed by atoms with Crippen molar-refractivity contribution >= 4 is 17.3 Å². The Balaban J connectivity index is 1.53. The van der Waals surface area contributed by atoms with E-state index in [4.69, 9.17) is 19.7 Å². The molecule has 0 aliphatic heterocycles. The summed E-state index contributed by atoms with van der Waals surface area (Å²) >= 11 is 1.34. The van der Waals surface area contributed by atoms with Gasteiger partial charge in [0.15, 0.2) is 6.79 Å². The van der Waals surface area contributed by atoms with Crippen LogP contribution in [0.5, 0.6) is 0 Å². The monoisotopic (exact) mass is 585 g/mol. The Kier molecular flexibility index (Phi) is 8.47. The summed E-state index contributed by atoms with van der Waals surface area (Å²) in [7, 11) is 0. The van der Waals surface area contributed by atoms with Crippen LogP contribution < -0.4 is 0 Å². The molecule has 5 aromatic rings. The highest BCUT2D eigenvalue weighted by Gasteiger charge is 2.45. The smallest absolute Gasteiger partial charge is 0.340 e. The first-order valence-electron chi connectivity index (χ1n) is 12.9. The Hall–Kier alpha value is -4.79. The normalized spacial score (nSPS) is 13.2. The summed E-state index contributed by atoms with van der Waals surface area (Å²) in [5.74, 6) is -2.84. The molecule has 0 N–H and O–H groups in total. The second kappa shape index (κ2) is 12.4. The molecule has 0 unspecified atom stereocenters. The molecule has 0 fully saturated rings. The number of carbonyl (C=O) groups excluding carboxylic acids is 1. The van der Waals surface area contributed by atoms with Gasteiger partial charge in [-0.25, -0.2) is 28.2 Å². The maximum absolute atomic E-state index is 15.6. The third-order valence-corrected chi connectivity index (χ3v) is 7.94. The first kappa shape index (κ1) is 28.7. The zero-order valence-electron chi connectivity index (χ0n) is 22.7. The molecule has 0 saturated heterocycles. The number of halogens is 2. The van der Waals surface area contributed by atoms with Crippen molar-refractivity contribution < 1.29 is 23.0 Å². The lowest BCUT2D eigenvalue weighted by Crippen LogP contribution is -2.42. The number of ether oxygens (including phenoxy) is 2. The van der Waals surface area contributed by atoms with Crippen LogP contribution in [0.3, 0.4) is 0 Å². The molecule has 0 spiro atoms. The fourth-order valence-corrected chi connectivity index (χ4v) is 5.64. The van der Waals surface area contributed by atoms with Crippen LogP contribution in [0.1, 0.15) is 44.9 Å². The van der Waals surface area contributed by atoms with Gasteiger partial charge in [0.1, 0.15) is 29.9 Å². The van der Waals surface area contributed by atoms with Crippen molar-refractivity contribution in [2.24, 2.45) is 0 Å². The predicted molar refractivity (Wildman–Crippen MR) is 151 cm³/mol. The Bertz CT molecular complexity index is 1730. The first-order valence-corrected chi connectivity index (χ1v) is 13.8. The molecule has 2 atom stereocenters. The molecule has 0 saturated carbocycles. The van der Waals surface area contributed by atoms with Gasteiger partial charge >= 0.3 is 5.97 Å². The summed E-state index contributed by atoms with van der Waals surface area (Å²) in [4.78, 5) is 21.6. The van der Waals surface area contributed by atoms with Gasteiger partial charge < -0.3 is 9.47 Å². The van der Waals surface area contributed by atoms with E-state index in [-0.39, 0.29) is 12.1 Å². The number of aryl methyl sites for hydroxylation is 1. The molecule has 11 heteroatoms. The summed E-state index contributed by atoms with van der Waals surface area (Å²) in [5.41, 5.74) is 1.68. The number of esters is 1. The van der Waals surface area contributed by atoms with Gasteiger partial charge in [0, 0.05) is 28.5 Å². The number of nitriles is 1. The number of benzene rings is 3. The number of rotatable bonds is 10. The van der Waals surface area contributed by atoms with Gasteiger partial charge in [-0.15, -0.1) is 11.3 Å². The van der Waals surface area contributed by atoms with Crippen molar-refractivity contribution in [1.29, 1.82) is 5.26 Å². The molecule has 2 heterocycles. The zero-order valence-corrected chi connectivity index (χ0v) is 23.5. The molecule has 8 nitrogen and oxygen atoms in total. The van der Waals surface area contributed by atoms with E-state index in [0.29, 0.717) is 21.8 Å². The molecular formula is C31H25F2N5O3S. The van der Waals surface area contributed by atoms with Crippen molar-refractivity contribution in [2.75, 3.05) is 6.79 Å². The van der Waals surface area contributed by atoms with Crippen LogP contribution >= 0.6 is 11.3 Å². The molecule has 42 heavy (non-hydrogen) atoms. The lowest BCUT2D eigenvalue weighted by atomic mass is 9.81. The van der Waals surface area contributed by atoms with Gasteiger partial charge in [0.2, 0.25) is 0 Å². The van der Waals surface area contributed by atoms with Gasteiger partial charge in [0.25, 0.3) is 0 Å². The fourth-order valence-electron chi connectivity index (χ4n) is 4.67. The molecule has 0 amide bonds. The largest absolute Gasteiger partial charge is 0.435 e. The van der Waals surface area contributed by atoms with Crippen LogP contribution in [0.25, 0.3) is 11.3 Å². The summed E-state index contributed by atoms with van der Waals surface area (Å²) in [6.45, 7) is 3.08. The second-order valence-electron chi connectivity index (χ2n) is 9.65. The van der Waals surface area contributed by atoms with E-state index in [1.54, 1.807) is 42.5 Å². The quantitative estimate of drug-likeness (QED) is 0.138. The van der Waals surface area contributed by atoms with Crippen LogP contribution in [0.2, 0.25) is 0 Å². The van der Waals surface area contributed by atoms with Gasteiger partial charge in [0.05, 0.1) is 34.4 Å². The summed E-state index contributed by atoms with van der Waals surface area (Å²) < 4.78 is 42.9. The molecule has 2 aromatic heterocycles. The maximum Gasteiger partial charge on any atom is 0.340 e. The van der Waals surface area contributed by atoms with E-state index >= 15 is 4.39 Å². The second-order valence-corrected chi connectivity index (χ2v) is 10.5.